The van der Waals surface area contributed by atoms with Gasteiger partial charge < -0.3 is 13.9 Å². The molecule has 0 amide bonds. The van der Waals surface area contributed by atoms with Crippen molar-refractivity contribution in [3.05, 3.63) is 30.0 Å². The minimum Gasteiger partial charge on any atom is -0.399 e. The van der Waals surface area contributed by atoms with Crippen LogP contribution in [-0.2, 0) is 22.8 Å². The molecule has 0 saturated carbocycles. The van der Waals surface area contributed by atoms with Gasteiger partial charge in [-0.25, -0.2) is 0 Å². The van der Waals surface area contributed by atoms with E-state index < -0.39 is 0 Å². The molecule has 1 aromatic carbocycles. The second-order valence-corrected chi connectivity index (χ2v) is 9.34. The maximum absolute atomic E-state index is 6.19. The van der Waals surface area contributed by atoms with Gasteiger partial charge in [0.2, 0.25) is 0 Å². The van der Waals surface area contributed by atoms with Crippen LogP contribution in [0, 0.1) is 5.41 Å². The Balaban J connectivity index is 1.95. The number of fused-ring (bicyclic) bond motifs is 1. The van der Waals surface area contributed by atoms with Gasteiger partial charge in [-0.15, -0.1) is 0 Å². The Morgan fingerprint density at radius 1 is 1.00 bits per heavy atom. The lowest BCUT2D eigenvalue weighted by Crippen LogP contribution is -2.41. The normalized spacial score (nSPS) is 20.1. The fourth-order valence-electron chi connectivity index (χ4n) is 3.26. The van der Waals surface area contributed by atoms with Crippen LogP contribution in [0.3, 0.4) is 0 Å². The van der Waals surface area contributed by atoms with E-state index in [-0.39, 0.29) is 23.7 Å². The lowest BCUT2D eigenvalue weighted by Gasteiger charge is -2.32. The van der Waals surface area contributed by atoms with E-state index in [1.807, 2.05) is 0 Å². The molecule has 4 heteroatoms. The van der Waals surface area contributed by atoms with Crippen molar-refractivity contribution in [1.29, 1.82) is 0 Å². The number of hydrogen-bond acceptors (Lipinski definition) is 2. The zero-order chi connectivity index (χ0) is 17.9. The standard InChI is InChI=1S/C20H30BNO2/c1-18(2,3)13-16-12-14-11-15(9-10-17(14)22(16)8)21-23-19(4,5)20(6,7)24-21/h9-12H,13H2,1-8H3. The van der Waals surface area contributed by atoms with E-state index in [1.54, 1.807) is 0 Å². The Morgan fingerprint density at radius 3 is 2.12 bits per heavy atom. The first-order valence-electron chi connectivity index (χ1n) is 8.84. The van der Waals surface area contributed by atoms with Gasteiger partial charge in [-0.2, -0.15) is 0 Å². The first-order valence-corrected chi connectivity index (χ1v) is 8.84. The summed E-state index contributed by atoms with van der Waals surface area (Å²) in [6, 6.07) is 8.83. The van der Waals surface area contributed by atoms with Crippen LogP contribution in [0.25, 0.3) is 10.9 Å². The molecule has 1 aliphatic heterocycles. The van der Waals surface area contributed by atoms with Crippen molar-refractivity contribution in [2.45, 2.75) is 66.1 Å². The molecule has 0 aliphatic carbocycles. The van der Waals surface area contributed by atoms with Crippen molar-refractivity contribution in [3.63, 3.8) is 0 Å². The second-order valence-electron chi connectivity index (χ2n) is 9.34. The third-order valence-corrected chi connectivity index (χ3v) is 5.40. The molecule has 0 bridgehead atoms. The third kappa shape index (κ3) is 3.02. The van der Waals surface area contributed by atoms with Crippen molar-refractivity contribution in [1.82, 2.24) is 4.57 Å². The van der Waals surface area contributed by atoms with Crippen molar-refractivity contribution < 1.29 is 9.31 Å². The monoisotopic (exact) mass is 327 g/mol. The fraction of sp³-hybridized carbons (Fsp3) is 0.600. The number of aromatic nitrogens is 1. The molecule has 24 heavy (non-hydrogen) atoms. The topological polar surface area (TPSA) is 23.4 Å². The van der Waals surface area contributed by atoms with E-state index in [4.69, 9.17) is 9.31 Å². The SMILES string of the molecule is Cn1c(CC(C)(C)C)cc2cc(B3OC(C)(C)C(C)(C)O3)ccc21. The zero-order valence-electron chi connectivity index (χ0n) is 16.4. The molecule has 1 aliphatic rings. The van der Waals surface area contributed by atoms with Gasteiger partial charge in [0.15, 0.2) is 0 Å². The molecule has 0 radical (unpaired) electrons. The van der Waals surface area contributed by atoms with E-state index >= 15 is 0 Å². The highest BCUT2D eigenvalue weighted by Crippen LogP contribution is 2.36. The number of aryl methyl sites for hydroxylation is 1. The number of benzene rings is 1. The minimum absolute atomic E-state index is 0.274. The van der Waals surface area contributed by atoms with E-state index in [2.05, 4.69) is 84.3 Å². The highest BCUT2D eigenvalue weighted by molar-refractivity contribution is 6.62. The van der Waals surface area contributed by atoms with Gasteiger partial charge in [-0.3, -0.25) is 0 Å². The summed E-state index contributed by atoms with van der Waals surface area (Å²) in [4.78, 5) is 0. The quantitative estimate of drug-likeness (QED) is 0.777. The van der Waals surface area contributed by atoms with Gasteiger partial charge in [0.1, 0.15) is 0 Å². The molecular formula is C20H30BNO2. The molecule has 2 aromatic rings. The molecule has 1 aromatic heterocycles. The Kier molecular flexibility index (Phi) is 3.93. The van der Waals surface area contributed by atoms with Crippen LogP contribution in [0.15, 0.2) is 24.3 Å². The second kappa shape index (κ2) is 5.37. The summed E-state index contributed by atoms with van der Waals surface area (Å²) in [6.45, 7) is 15.2. The maximum Gasteiger partial charge on any atom is 0.494 e. The van der Waals surface area contributed by atoms with Gasteiger partial charge in [-0.05, 0) is 62.5 Å². The van der Waals surface area contributed by atoms with Crippen LogP contribution in [0.1, 0.15) is 54.2 Å². The lowest BCUT2D eigenvalue weighted by atomic mass is 9.78. The first-order chi connectivity index (χ1) is 10.9. The predicted octanol–water partition coefficient (Wildman–Crippen LogP) is 4.07. The van der Waals surface area contributed by atoms with Crippen LogP contribution in [0.5, 0.6) is 0 Å². The number of nitrogens with zero attached hydrogens (tertiary/aromatic N) is 1. The van der Waals surface area contributed by atoms with Crippen molar-refractivity contribution >= 4 is 23.5 Å². The Hall–Kier alpha value is -1.26. The molecular weight excluding hydrogens is 297 g/mol. The summed E-state index contributed by atoms with van der Waals surface area (Å²) < 4.78 is 14.7. The lowest BCUT2D eigenvalue weighted by molar-refractivity contribution is 0.00578. The van der Waals surface area contributed by atoms with E-state index in [0.29, 0.717) is 0 Å². The summed E-state index contributed by atoms with van der Waals surface area (Å²) in [5, 5.41) is 1.25. The van der Waals surface area contributed by atoms with Gasteiger partial charge >= 0.3 is 7.12 Å². The van der Waals surface area contributed by atoms with Crippen LogP contribution in [0.4, 0.5) is 0 Å². The summed E-state index contributed by atoms with van der Waals surface area (Å²) in [5.74, 6) is 0. The Bertz CT molecular complexity index is 752. The van der Waals surface area contributed by atoms with Gasteiger partial charge in [-0.1, -0.05) is 32.9 Å². The first kappa shape index (κ1) is 17.6. The predicted molar refractivity (Wildman–Crippen MR) is 102 cm³/mol. The van der Waals surface area contributed by atoms with E-state index in [1.165, 1.54) is 16.6 Å². The zero-order valence-corrected chi connectivity index (χ0v) is 16.4. The number of hydrogen-bond donors (Lipinski definition) is 0. The van der Waals surface area contributed by atoms with Gasteiger partial charge in [0.05, 0.1) is 11.2 Å². The largest absolute Gasteiger partial charge is 0.494 e. The Morgan fingerprint density at radius 2 is 1.58 bits per heavy atom. The molecule has 0 spiro atoms. The van der Waals surface area contributed by atoms with Crippen LogP contribution in [-0.4, -0.2) is 22.9 Å². The molecule has 1 fully saturated rings. The highest BCUT2D eigenvalue weighted by atomic mass is 16.7. The minimum atomic E-state index is -0.305. The van der Waals surface area contributed by atoms with Gasteiger partial charge in [0, 0.05) is 18.3 Å². The summed E-state index contributed by atoms with van der Waals surface area (Å²) in [5.41, 5.74) is 3.38. The number of rotatable bonds is 2. The van der Waals surface area contributed by atoms with Crippen LogP contribution >= 0.6 is 0 Å². The highest BCUT2D eigenvalue weighted by Gasteiger charge is 2.51. The molecule has 0 N–H and O–H groups in total. The summed E-state index contributed by atoms with van der Waals surface area (Å²) >= 11 is 0. The van der Waals surface area contributed by atoms with Crippen molar-refractivity contribution in [3.8, 4) is 0 Å². The average Bonchev–Trinajstić information content (AvgIpc) is 2.82. The Labute approximate surface area is 146 Å². The molecule has 0 unspecified atom stereocenters. The summed E-state index contributed by atoms with van der Waals surface area (Å²) in [7, 11) is 1.85. The summed E-state index contributed by atoms with van der Waals surface area (Å²) in [6.07, 6.45) is 1.06. The molecule has 3 nitrogen and oxygen atoms in total. The van der Waals surface area contributed by atoms with E-state index in [0.717, 1.165) is 11.9 Å². The van der Waals surface area contributed by atoms with E-state index in [9.17, 15) is 0 Å². The van der Waals surface area contributed by atoms with Crippen LogP contribution in [0.2, 0.25) is 0 Å². The fourth-order valence-corrected chi connectivity index (χ4v) is 3.26. The molecule has 3 rings (SSSR count). The maximum atomic E-state index is 6.19. The van der Waals surface area contributed by atoms with Crippen LogP contribution < -0.4 is 5.46 Å². The molecule has 0 atom stereocenters. The smallest absolute Gasteiger partial charge is 0.399 e. The molecule has 1 saturated heterocycles. The molecule has 130 valence electrons. The van der Waals surface area contributed by atoms with Crippen molar-refractivity contribution in [2.24, 2.45) is 12.5 Å². The third-order valence-electron chi connectivity index (χ3n) is 5.40. The van der Waals surface area contributed by atoms with Gasteiger partial charge in [0.25, 0.3) is 0 Å². The molecule has 2 heterocycles. The average molecular weight is 327 g/mol. The van der Waals surface area contributed by atoms with Crippen molar-refractivity contribution in [2.75, 3.05) is 0 Å².